The number of aromatic nitrogens is 1. The summed E-state index contributed by atoms with van der Waals surface area (Å²) in [5, 5.41) is 14.0. The van der Waals surface area contributed by atoms with Gasteiger partial charge in [0.15, 0.2) is 0 Å². The molecule has 140 valence electrons. The number of phenols is 1. The van der Waals surface area contributed by atoms with E-state index in [1.807, 2.05) is 20.8 Å². The number of amides is 1. The van der Waals surface area contributed by atoms with Crippen LogP contribution >= 0.6 is 11.6 Å². The number of rotatable bonds is 4. The van der Waals surface area contributed by atoms with E-state index in [-0.39, 0.29) is 30.0 Å². The van der Waals surface area contributed by atoms with Crippen LogP contribution in [-0.4, -0.2) is 27.5 Å². The average molecular weight is 385 g/mol. The van der Waals surface area contributed by atoms with Gasteiger partial charge in [0, 0.05) is 27.7 Å². The second-order valence-electron chi connectivity index (χ2n) is 6.81. The molecule has 1 aromatic heterocycles. The minimum atomic E-state index is -0.213. The number of hydrogen-bond acceptors (Lipinski definition) is 3. The van der Waals surface area contributed by atoms with Gasteiger partial charge in [0.05, 0.1) is 11.9 Å². The van der Waals surface area contributed by atoms with Gasteiger partial charge >= 0.3 is 0 Å². The molecule has 0 bridgehead atoms. The Hall–Kier alpha value is -2.79. The number of halogens is 1. The normalized spacial score (nSPS) is 11.1. The maximum Gasteiger partial charge on any atom is 0.262 e. The van der Waals surface area contributed by atoms with Gasteiger partial charge in [-0.3, -0.25) is 14.2 Å². The van der Waals surface area contributed by atoms with Gasteiger partial charge in [0.1, 0.15) is 5.75 Å². The Bertz CT molecular complexity index is 1020. The third-order valence-corrected chi connectivity index (χ3v) is 4.65. The predicted octanol–water partition coefficient (Wildman–Crippen LogP) is 4.06. The SMILES string of the molecule is Cc1c(CC(=O)NC(C)C)c2cc(O)ccc2n1C(=O)c1ccc(Cl)cc1. The number of benzene rings is 2. The van der Waals surface area contributed by atoms with E-state index in [4.69, 9.17) is 11.6 Å². The fourth-order valence-electron chi connectivity index (χ4n) is 3.21. The summed E-state index contributed by atoms with van der Waals surface area (Å²) in [4.78, 5) is 25.4. The molecule has 0 unspecified atom stereocenters. The summed E-state index contributed by atoms with van der Waals surface area (Å²) in [6.07, 6.45) is 0.130. The van der Waals surface area contributed by atoms with E-state index < -0.39 is 0 Å². The first-order valence-electron chi connectivity index (χ1n) is 8.70. The summed E-state index contributed by atoms with van der Waals surface area (Å²) in [6, 6.07) is 11.5. The van der Waals surface area contributed by atoms with Crippen LogP contribution in [-0.2, 0) is 11.2 Å². The van der Waals surface area contributed by atoms with Crippen LogP contribution in [0.1, 0.15) is 35.5 Å². The van der Waals surface area contributed by atoms with Gasteiger partial charge in [-0.15, -0.1) is 0 Å². The molecule has 1 heterocycles. The summed E-state index contributed by atoms with van der Waals surface area (Å²) < 4.78 is 1.58. The Morgan fingerprint density at radius 3 is 2.44 bits per heavy atom. The van der Waals surface area contributed by atoms with Crippen molar-refractivity contribution in [2.24, 2.45) is 0 Å². The number of carbonyl (C=O) groups is 2. The van der Waals surface area contributed by atoms with Crippen LogP contribution in [0.5, 0.6) is 5.75 Å². The van der Waals surface area contributed by atoms with Crippen LogP contribution in [0.2, 0.25) is 5.02 Å². The van der Waals surface area contributed by atoms with Gasteiger partial charge in [0.25, 0.3) is 5.91 Å². The molecule has 2 N–H and O–H groups in total. The lowest BCUT2D eigenvalue weighted by molar-refractivity contribution is -0.120. The van der Waals surface area contributed by atoms with Gasteiger partial charge in [-0.2, -0.15) is 0 Å². The molecule has 0 spiro atoms. The zero-order valence-electron chi connectivity index (χ0n) is 15.4. The summed E-state index contributed by atoms with van der Waals surface area (Å²) in [5.74, 6) is -0.256. The minimum absolute atomic E-state index is 0.0234. The molecule has 27 heavy (non-hydrogen) atoms. The van der Waals surface area contributed by atoms with Crippen molar-refractivity contribution in [1.29, 1.82) is 0 Å². The van der Waals surface area contributed by atoms with Crippen molar-refractivity contribution < 1.29 is 14.7 Å². The lowest BCUT2D eigenvalue weighted by atomic mass is 10.1. The second kappa shape index (κ2) is 7.45. The Morgan fingerprint density at radius 1 is 1.15 bits per heavy atom. The molecule has 0 aliphatic rings. The molecule has 0 atom stereocenters. The van der Waals surface area contributed by atoms with Gasteiger partial charge in [-0.05, 0) is 68.8 Å². The van der Waals surface area contributed by atoms with Crippen LogP contribution in [0, 0.1) is 6.92 Å². The van der Waals surface area contributed by atoms with Gasteiger partial charge in [-0.1, -0.05) is 11.6 Å². The number of nitrogens with zero attached hydrogens (tertiary/aromatic N) is 1. The average Bonchev–Trinajstić information content (AvgIpc) is 2.86. The summed E-state index contributed by atoms with van der Waals surface area (Å²) in [6.45, 7) is 5.59. The topological polar surface area (TPSA) is 71.3 Å². The molecule has 0 aliphatic heterocycles. The molecular formula is C21H21ClN2O3. The third-order valence-electron chi connectivity index (χ3n) is 4.40. The maximum absolute atomic E-state index is 13.1. The molecule has 1 amide bonds. The summed E-state index contributed by atoms with van der Waals surface area (Å²) >= 11 is 5.92. The molecule has 0 saturated carbocycles. The van der Waals surface area contributed by atoms with Crippen LogP contribution < -0.4 is 5.32 Å². The highest BCUT2D eigenvalue weighted by atomic mass is 35.5. The van der Waals surface area contributed by atoms with E-state index in [0.717, 1.165) is 5.56 Å². The first kappa shape index (κ1) is 19.0. The number of nitrogens with one attached hydrogen (secondary N) is 1. The van der Waals surface area contributed by atoms with E-state index in [1.54, 1.807) is 41.0 Å². The van der Waals surface area contributed by atoms with E-state index in [2.05, 4.69) is 5.32 Å². The van der Waals surface area contributed by atoms with Crippen LogP contribution in [0.3, 0.4) is 0 Å². The quantitative estimate of drug-likeness (QED) is 0.712. The first-order valence-corrected chi connectivity index (χ1v) is 9.08. The zero-order valence-corrected chi connectivity index (χ0v) is 16.2. The van der Waals surface area contributed by atoms with E-state index >= 15 is 0 Å². The Kier molecular flexibility index (Phi) is 5.24. The van der Waals surface area contributed by atoms with Gasteiger partial charge in [-0.25, -0.2) is 0 Å². The van der Waals surface area contributed by atoms with E-state index in [9.17, 15) is 14.7 Å². The molecule has 0 fully saturated rings. The highest BCUT2D eigenvalue weighted by Gasteiger charge is 2.22. The van der Waals surface area contributed by atoms with Crippen molar-refractivity contribution in [3.05, 3.63) is 64.3 Å². The molecule has 6 heteroatoms. The van der Waals surface area contributed by atoms with Gasteiger partial charge < -0.3 is 10.4 Å². The molecular weight excluding hydrogens is 364 g/mol. The molecule has 0 aliphatic carbocycles. The number of aromatic hydroxyl groups is 1. The molecule has 3 aromatic rings. The number of phenolic OH excluding ortho intramolecular Hbond substituents is 1. The summed E-state index contributed by atoms with van der Waals surface area (Å²) in [5.41, 5.74) is 2.54. The fraction of sp³-hybridized carbons (Fsp3) is 0.238. The highest BCUT2D eigenvalue weighted by molar-refractivity contribution is 6.30. The minimum Gasteiger partial charge on any atom is -0.508 e. The first-order chi connectivity index (χ1) is 12.8. The van der Waals surface area contributed by atoms with Crippen molar-refractivity contribution in [2.45, 2.75) is 33.2 Å². The second-order valence-corrected chi connectivity index (χ2v) is 7.25. The monoisotopic (exact) mass is 384 g/mol. The van der Waals surface area contributed by atoms with Crippen molar-refractivity contribution in [3.63, 3.8) is 0 Å². The Labute approximate surface area is 162 Å². The highest BCUT2D eigenvalue weighted by Crippen LogP contribution is 2.30. The lowest BCUT2D eigenvalue weighted by Gasteiger charge is -2.09. The number of fused-ring (bicyclic) bond motifs is 1. The van der Waals surface area contributed by atoms with E-state index in [1.165, 1.54) is 6.07 Å². The van der Waals surface area contributed by atoms with Crippen molar-refractivity contribution in [1.82, 2.24) is 9.88 Å². The molecule has 0 radical (unpaired) electrons. The molecule has 3 rings (SSSR count). The zero-order chi connectivity index (χ0) is 19.7. The van der Waals surface area contributed by atoms with Crippen LogP contribution in [0.25, 0.3) is 10.9 Å². The van der Waals surface area contributed by atoms with Crippen LogP contribution in [0.4, 0.5) is 0 Å². The summed E-state index contributed by atoms with van der Waals surface area (Å²) in [7, 11) is 0. The maximum atomic E-state index is 13.1. The Morgan fingerprint density at radius 2 is 1.81 bits per heavy atom. The standard InChI is InChI=1S/C21H21ClN2O3/c1-12(2)23-20(26)11-17-13(3)24(19-9-8-16(25)10-18(17)19)21(27)14-4-6-15(22)7-5-14/h4-10,12,25H,11H2,1-3H3,(H,23,26). The fourth-order valence-corrected chi connectivity index (χ4v) is 3.34. The van der Waals surface area contributed by atoms with Crippen molar-refractivity contribution >= 4 is 34.3 Å². The number of carbonyl (C=O) groups excluding carboxylic acids is 2. The lowest BCUT2D eigenvalue weighted by Crippen LogP contribution is -2.31. The van der Waals surface area contributed by atoms with Crippen molar-refractivity contribution in [2.75, 3.05) is 0 Å². The molecule has 0 saturated heterocycles. The van der Waals surface area contributed by atoms with E-state index in [0.29, 0.717) is 27.2 Å². The molecule has 2 aromatic carbocycles. The van der Waals surface area contributed by atoms with Gasteiger partial charge in [0.2, 0.25) is 5.91 Å². The predicted molar refractivity (Wildman–Crippen MR) is 107 cm³/mol. The number of hydrogen-bond donors (Lipinski definition) is 2. The van der Waals surface area contributed by atoms with Crippen molar-refractivity contribution in [3.8, 4) is 5.75 Å². The largest absolute Gasteiger partial charge is 0.508 e. The van der Waals surface area contributed by atoms with Crippen LogP contribution in [0.15, 0.2) is 42.5 Å². The smallest absolute Gasteiger partial charge is 0.262 e. The third kappa shape index (κ3) is 3.83. The molecule has 5 nitrogen and oxygen atoms in total. The Balaban J connectivity index is 2.13.